The predicted molar refractivity (Wildman–Crippen MR) is 89.7 cm³/mol. The van der Waals surface area contributed by atoms with Crippen LogP contribution in [0.4, 0.5) is 0 Å². The van der Waals surface area contributed by atoms with E-state index < -0.39 is 10.0 Å². The fraction of sp³-hybridized carbons (Fsp3) is 0.647. The number of carbonyl (C=O) groups excluding carboxylic acids is 1. The van der Waals surface area contributed by atoms with E-state index in [1.165, 1.54) is 0 Å². The molecule has 130 valence electrons. The number of amides is 1. The van der Waals surface area contributed by atoms with E-state index in [1.54, 1.807) is 6.20 Å². The van der Waals surface area contributed by atoms with Gasteiger partial charge in [-0.15, -0.1) is 0 Å². The first kappa shape index (κ1) is 16.0. The molecule has 0 bridgehead atoms. The van der Waals surface area contributed by atoms with Gasteiger partial charge in [0.1, 0.15) is 0 Å². The molecule has 4 rings (SSSR count). The highest BCUT2D eigenvalue weighted by atomic mass is 32.2. The fourth-order valence-electron chi connectivity index (χ4n) is 4.03. The first-order valence-electron chi connectivity index (χ1n) is 8.65. The number of rotatable bonds is 5. The molecule has 1 spiro atoms. The van der Waals surface area contributed by atoms with Crippen LogP contribution in [-0.4, -0.2) is 48.6 Å². The van der Waals surface area contributed by atoms with E-state index >= 15 is 0 Å². The van der Waals surface area contributed by atoms with Crippen LogP contribution in [0.2, 0.25) is 0 Å². The van der Waals surface area contributed by atoms with Crippen LogP contribution in [-0.2, 0) is 21.2 Å². The van der Waals surface area contributed by atoms with Crippen molar-refractivity contribution in [2.24, 2.45) is 5.41 Å². The molecule has 1 aromatic heterocycles. The average molecular weight is 349 g/mol. The Morgan fingerprint density at radius 1 is 1.33 bits per heavy atom. The molecule has 2 saturated carbocycles. The quantitative estimate of drug-likeness (QED) is 0.863. The highest BCUT2D eigenvalue weighted by molar-refractivity contribution is 7.90. The van der Waals surface area contributed by atoms with Crippen LogP contribution in [0.5, 0.6) is 0 Å². The van der Waals surface area contributed by atoms with Crippen LogP contribution < -0.4 is 4.72 Å². The van der Waals surface area contributed by atoms with E-state index in [9.17, 15) is 13.2 Å². The average Bonchev–Trinajstić information content (AvgIpc) is 3.29. The van der Waals surface area contributed by atoms with Crippen LogP contribution in [0, 0.1) is 5.41 Å². The summed E-state index contributed by atoms with van der Waals surface area (Å²) in [7, 11) is -3.10. The third kappa shape index (κ3) is 3.19. The zero-order valence-corrected chi connectivity index (χ0v) is 14.5. The van der Waals surface area contributed by atoms with Crippen molar-refractivity contribution < 1.29 is 13.2 Å². The van der Waals surface area contributed by atoms with Gasteiger partial charge >= 0.3 is 0 Å². The van der Waals surface area contributed by atoms with Crippen molar-refractivity contribution in [3.63, 3.8) is 0 Å². The summed E-state index contributed by atoms with van der Waals surface area (Å²) in [5.74, 6) is 0.118. The van der Waals surface area contributed by atoms with Crippen molar-refractivity contribution in [3.8, 4) is 0 Å². The molecular formula is C17H23N3O3S. The Morgan fingerprint density at radius 2 is 2.12 bits per heavy atom. The van der Waals surface area contributed by atoms with Gasteiger partial charge in [0.15, 0.2) is 0 Å². The summed E-state index contributed by atoms with van der Waals surface area (Å²) in [6.45, 7) is 1.52. The maximum atomic E-state index is 12.4. The molecule has 1 N–H and O–H groups in total. The Hall–Kier alpha value is -1.47. The molecule has 0 atom stereocenters. The Balaban J connectivity index is 1.29. The van der Waals surface area contributed by atoms with E-state index in [0.717, 1.165) is 50.9 Å². The van der Waals surface area contributed by atoms with E-state index in [-0.39, 0.29) is 22.6 Å². The Bertz CT molecular complexity index is 725. The topological polar surface area (TPSA) is 79.4 Å². The summed E-state index contributed by atoms with van der Waals surface area (Å²) >= 11 is 0. The predicted octanol–water partition coefficient (Wildman–Crippen LogP) is 1.09. The van der Waals surface area contributed by atoms with Crippen LogP contribution in [0.25, 0.3) is 0 Å². The van der Waals surface area contributed by atoms with Gasteiger partial charge in [-0.05, 0) is 49.7 Å². The van der Waals surface area contributed by atoms with Gasteiger partial charge < -0.3 is 4.90 Å². The van der Waals surface area contributed by atoms with Crippen LogP contribution in [0.3, 0.4) is 0 Å². The number of pyridine rings is 1. The van der Waals surface area contributed by atoms with Gasteiger partial charge in [-0.2, -0.15) is 0 Å². The SMILES string of the molecule is O=C(Cc1ccccn1)N1CCC2(CC(NS(=O)(=O)C3CC3)C2)C1. The van der Waals surface area contributed by atoms with Crippen LogP contribution in [0.15, 0.2) is 24.4 Å². The number of carbonyl (C=O) groups is 1. The number of hydrogen-bond donors (Lipinski definition) is 1. The summed E-state index contributed by atoms with van der Waals surface area (Å²) < 4.78 is 26.8. The molecule has 1 aliphatic heterocycles. The molecule has 3 fully saturated rings. The molecule has 1 amide bonds. The molecule has 1 saturated heterocycles. The van der Waals surface area contributed by atoms with Crippen molar-refractivity contribution in [1.82, 2.24) is 14.6 Å². The molecule has 0 radical (unpaired) electrons. The zero-order valence-electron chi connectivity index (χ0n) is 13.6. The second-order valence-corrected chi connectivity index (χ2v) is 9.52. The maximum absolute atomic E-state index is 12.4. The van der Waals surface area contributed by atoms with Crippen molar-refractivity contribution >= 4 is 15.9 Å². The lowest BCUT2D eigenvalue weighted by atomic mass is 9.65. The number of likely N-dealkylation sites (tertiary alicyclic amines) is 1. The first-order valence-corrected chi connectivity index (χ1v) is 10.2. The monoisotopic (exact) mass is 349 g/mol. The molecule has 7 heteroatoms. The van der Waals surface area contributed by atoms with Gasteiger partial charge in [-0.25, -0.2) is 13.1 Å². The number of nitrogens with zero attached hydrogens (tertiary/aromatic N) is 2. The first-order chi connectivity index (χ1) is 11.5. The largest absolute Gasteiger partial charge is 0.342 e. The normalized spacial score (nSPS) is 29.7. The lowest BCUT2D eigenvalue weighted by molar-refractivity contribution is -0.130. The van der Waals surface area contributed by atoms with E-state index in [1.807, 2.05) is 23.1 Å². The van der Waals surface area contributed by atoms with Gasteiger partial charge in [0.25, 0.3) is 0 Å². The van der Waals surface area contributed by atoms with Crippen molar-refractivity contribution in [1.29, 1.82) is 0 Å². The molecule has 0 unspecified atom stereocenters. The molecule has 0 aromatic carbocycles. The van der Waals surface area contributed by atoms with Gasteiger partial charge in [-0.3, -0.25) is 9.78 Å². The third-order valence-corrected chi connectivity index (χ3v) is 7.51. The lowest BCUT2D eigenvalue weighted by Crippen LogP contribution is -2.52. The minimum atomic E-state index is -3.10. The molecule has 2 aliphatic carbocycles. The number of sulfonamides is 1. The van der Waals surface area contributed by atoms with Crippen LogP contribution in [0.1, 0.15) is 37.8 Å². The number of hydrogen-bond acceptors (Lipinski definition) is 4. The second-order valence-electron chi connectivity index (χ2n) is 7.53. The number of nitrogens with one attached hydrogen (secondary N) is 1. The highest BCUT2D eigenvalue weighted by Crippen LogP contribution is 2.48. The van der Waals surface area contributed by atoms with E-state index in [2.05, 4.69) is 9.71 Å². The van der Waals surface area contributed by atoms with Gasteiger partial charge in [0.05, 0.1) is 11.7 Å². The molecule has 6 nitrogen and oxygen atoms in total. The molecule has 1 aromatic rings. The van der Waals surface area contributed by atoms with Crippen molar-refractivity contribution in [2.45, 2.75) is 49.8 Å². The lowest BCUT2D eigenvalue weighted by Gasteiger charge is -2.45. The Morgan fingerprint density at radius 3 is 2.79 bits per heavy atom. The second kappa shape index (κ2) is 5.81. The zero-order chi connectivity index (χ0) is 16.8. The number of aromatic nitrogens is 1. The minimum absolute atomic E-state index is 0.0569. The minimum Gasteiger partial charge on any atom is -0.342 e. The van der Waals surface area contributed by atoms with Crippen molar-refractivity contribution in [2.75, 3.05) is 13.1 Å². The van der Waals surface area contributed by atoms with Crippen molar-refractivity contribution in [3.05, 3.63) is 30.1 Å². The van der Waals surface area contributed by atoms with Crippen LogP contribution >= 0.6 is 0 Å². The fourth-order valence-corrected chi connectivity index (χ4v) is 5.61. The van der Waals surface area contributed by atoms with E-state index in [4.69, 9.17) is 0 Å². The Labute approximate surface area is 142 Å². The van der Waals surface area contributed by atoms with Gasteiger partial charge in [0.2, 0.25) is 15.9 Å². The maximum Gasteiger partial charge on any atom is 0.228 e. The summed E-state index contributed by atoms with van der Waals surface area (Å²) in [6.07, 6.45) is 6.32. The molecule has 2 heterocycles. The third-order valence-electron chi connectivity index (χ3n) is 5.50. The van der Waals surface area contributed by atoms with Gasteiger partial charge in [0, 0.05) is 31.0 Å². The van der Waals surface area contributed by atoms with E-state index in [0.29, 0.717) is 6.42 Å². The summed E-state index contributed by atoms with van der Waals surface area (Å²) in [4.78, 5) is 18.6. The summed E-state index contributed by atoms with van der Waals surface area (Å²) in [6, 6.07) is 5.66. The summed E-state index contributed by atoms with van der Waals surface area (Å²) in [5.41, 5.74) is 0.920. The standard InChI is InChI=1S/C17H23N3O3S/c21-16(9-13-3-1-2-7-18-13)20-8-6-17(12-20)10-14(11-17)19-24(22,23)15-4-5-15/h1-3,7,14-15,19H,4-6,8-12H2. The molecular weight excluding hydrogens is 326 g/mol. The smallest absolute Gasteiger partial charge is 0.228 e. The highest BCUT2D eigenvalue weighted by Gasteiger charge is 2.51. The summed E-state index contributed by atoms with van der Waals surface area (Å²) in [5, 5.41) is -0.158. The molecule has 3 aliphatic rings. The Kier molecular flexibility index (Phi) is 3.88. The van der Waals surface area contributed by atoms with Gasteiger partial charge in [-0.1, -0.05) is 6.07 Å². The molecule has 24 heavy (non-hydrogen) atoms.